The second-order valence-corrected chi connectivity index (χ2v) is 4.57. The fraction of sp³-hybridized carbons (Fsp3) is 0.462. The first kappa shape index (κ1) is 14.1. The number of rotatable bonds is 7. The van der Waals surface area contributed by atoms with Crippen molar-refractivity contribution in [2.45, 2.75) is 17.7 Å². The van der Waals surface area contributed by atoms with E-state index in [-0.39, 0.29) is 5.91 Å². The third kappa shape index (κ3) is 5.75. The van der Waals surface area contributed by atoms with Crippen LogP contribution in [0.15, 0.2) is 29.2 Å². The van der Waals surface area contributed by atoms with E-state index in [1.807, 2.05) is 0 Å². The Labute approximate surface area is 107 Å². The minimum atomic E-state index is 0.0487. The molecule has 1 amide bonds. The lowest BCUT2D eigenvalue weighted by Crippen LogP contribution is -2.26. The molecule has 0 aliphatic rings. The van der Waals surface area contributed by atoms with Crippen molar-refractivity contribution in [2.24, 2.45) is 0 Å². The quantitative estimate of drug-likeness (QED) is 0.756. The van der Waals surface area contributed by atoms with Gasteiger partial charge < -0.3 is 10.1 Å². The van der Waals surface area contributed by atoms with Gasteiger partial charge in [-0.05, 0) is 30.4 Å². The molecule has 4 heteroatoms. The summed E-state index contributed by atoms with van der Waals surface area (Å²) in [6, 6.07) is 8.42. The molecule has 0 bridgehead atoms. The average molecular weight is 253 g/mol. The molecule has 0 aliphatic heterocycles. The molecular weight excluding hydrogens is 234 g/mol. The summed E-state index contributed by atoms with van der Waals surface area (Å²) >= 11 is 1.73. The summed E-state index contributed by atoms with van der Waals surface area (Å²) in [5, 5.41) is 2.87. The van der Waals surface area contributed by atoms with E-state index in [9.17, 15) is 4.79 Å². The molecule has 0 radical (unpaired) electrons. The second kappa shape index (κ2) is 8.14. The fourth-order valence-electron chi connectivity index (χ4n) is 1.42. The topological polar surface area (TPSA) is 38.3 Å². The van der Waals surface area contributed by atoms with Crippen molar-refractivity contribution in [3.8, 4) is 0 Å². The number of thioether (sulfide) groups is 1. The Morgan fingerprint density at radius 3 is 2.65 bits per heavy atom. The van der Waals surface area contributed by atoms with Gasteiger partial charge in [-0.3, -0.25) is 4.79 Å². The number of hydrogen-bond donors (Lipinski definition) is 1. The van der Waals surface area contributed by atoms with E-state index in [4.69, 9.17) is 4.74 Å². The van der Waals surface area contributed by atoms with Crippen LogP contribution in [0.3, 0.4) is 0 Å². The maximum Gasteiger partial charge on any atom is 0.222 e. The van der Waals surface area contributed by atoms with Crippen LogP contribution in [-0.2, 0) is 16.0 Å². The molecule has 3 nitrogen and oxygen atoms in total. The first-order valence-electron chi connectivity index (χ1n) is 5.65. The van der Waals surface area contributed by atoms with Crippen LogP contribution in [0, 0.1) is 0 Å². The number of ether oxygens (including phenoxy) is 1. The first-order chi connectivity index (χ1) is 8.26. The van der Waals surface area contributed by atoms with E-state index in [0.717, 1.165) is 6.42 Å². The molecule has 0 atom stereocenters. The minimum absolute atomic E-state index is 0.0487. The van der Waals surface area contributed by atoms with Crippen LogP contribution >= 0.6 is 11.8 Å². The van der Waals surface area contributed by atoms with E-state index < -0.39 is 0 Å². The average Bonchev–Trinajstić information content (AvgIpc) is 2.37. The van der Waals surface area contributed by atoms with Gasteiger partial charge in [0.05, 0.1) is 6.61 Å². The number of amides is 1. The lowest BCUT2D eigenvalue weighted by Gasteiger charge is -2.05. The Balaban J connectivity index is 2.23. The highest BCUT2D eigenvalue weighted by atomic mass is 32.2. The molecular formula is C13H19NO2S. The zero-order valence-corrected chi connectivity index (χ0v) is 11.2. The van der Waals surface area contributed by atoms with Crippen molar-refractivity contribution >= 4 is 17.7 Å². The van der Waals surface area contributed by atoms with Crippen LogP contribution in [0.2, 0.25) is 0 Å². The SMILES string of the molecule is COCCC(=O)NCCc1ccc(SC)cc1. The molecule has 94 valence electrons. The summed E-state index contributed by atoms with van der Waals surface area (Å²) in [5.74, 6) is 0.0487. The maximum atomic E-state index is 11.3. The van der Waals surface area contributed by atoms with Crippen molar-refractivity contribution in [1.29, 1.82) is 0 Å². The Morgan fingerprint density at radius 2 is 2.06 bits per heavy atom. The van der Waals surface area contributed by atoms with Crippen LogP contribution in [0.1, 0.15) is 12.0 Å². The second-order valence-electron chi connectivity index (χ2n) is 3.69. The standard InChI is InChI=1S/C13H19NO2S/c1-16-10-8-13(15)14-9-7-11-3-5-12(17-2)6-4-11/h3-6H,7-10H2,1-2H3,(H,14,15). The Morgan fingerprint density at radius 1 is 1.35 bits per heavy atom. The first-order valence-corrected chi connectivity index (χ1v) is 6.87. The van der Waals surface area contributed by atoms with Gasteiger partial charge in [0.15, 0.2) is 0 Å². The van der Waals surface area contributed by atoms with Crippen molar-refractivity contribution in [3.63, 3.8) is 0 Å². The molecule has 0 saturated carbocycles. The van der Waals surface area contributed by atoms with Gasteiger partial charge in [0.2, 0.25) is 5.91 Å². The number of hydrogen-bond acceptors (Lipinski definition) is 3. The smallest absolute Gasteiger partial charge is 0.222 e. The zero-order chi connectivity index (χ0) is 12.5. The Hall–Kier alpha value is -1.00. The fourth-order valence-corrected chi connectivity index (χ4v) is 1.83. The van der Waals surface area contributed by atoms with E-state index in [1.54, 1.807) is 18.9 Å². The highest BCUT2D eigenvalue weighted by Gasteiger charge is 2.00. The van der Waals surface area contributed by atoms with E-state index >= 15 is 0 Å². The van der Waals surface area contributed by atoms with Gasteiger partial charge in [-0.2, -0.15) is 0 Å². The van der Waals surface area contributed by atoms with Gasteiger partial charge in [0.1, 0.15) is 0 Å². The van der Waals surface area contributed by atoms with Crippen LogP contribution < -0.4 is 5.32 Å². The predicted molar refractivity (Wildman–Crippen MR) is 71.4 cm³/mol. The summed E-state index contributed by atoms with van der Waals surface area (Å²) < 4.78 is 4.84. The van der Waals surface area contributed by atoms with Crippen molar-refractivity contribution in [3.05, 3.63) is 29.8 Å². The van der Waals surface area contributed by atoms with Gasteiger partial charge >= 0.3 is 0 Å². The molecule has 0 aromatic heterocycles. The summed E-state index contributed by atoms with van der Waals surface area (Å²) in [6.45, 7) is 1.16. The lowest BCUT2D eigenvalue weighted by molar-refractivity contribution is -0.121. The van der Waals surface area contributed by atoms with Crippen LogP contribution in [-0.4, -0.2) is 32.4 Å². The highest BCUT2D eigenvalue weighted by molar-refractivity contribution is 7.98. The zero-order valence-electron chi connectivity index (χ0n) is 10.4. The molecule has 1 aromatic rings. The molecule has 0 fully saturated rings. The summed E-state index contributed by atoms with van der Waals surface area (Å²) in [7, 11) is 1.60. The Bertz CT molecular complexity index is 338. The van der Waals surface area contributed by atoms with Crippen molar-refractivity contribution in [2.75, 3.05) is 26.5 Å². The van der Waals surface area contributed by atoms with Gasteiger partial charge in [-0.15, -0.1) is 11.8 Å². The van der Waals surface area contributed by atoms with Crippen LogP contribution in [0.5, 0.6) is 0 Å². The van der Waals surface area contributed by atoms with Gasteiger partial charge in [-0.25, -0.2) is 0 Å². The number of benzene rings is 1. The Kier molecular flexibility index (Phi) is 6.74. The third-order valence-corrected chi connectivity index (χ3v) is 3.17. The molecule has 17 heavy (non-hydrogen) atoms. The van der Waals surface area contributed by atoms with E-state index in [0.29, 0.717) is 19.6 Å². The molecule has 0 aliphatic carbocycles. The summed E-state index contributed by atoms with van der Waals surface area (Å²) in [4.78, 5) is 12.6. The normalized spacial score (nSPS) is 10.2. The predicted octanol–water partition coefficient (Wildman–Crippen LogP) is 2.10. The van der Waals surface area contributed by atoms with Crippen molar-refractivity contribution in [1.82, 2.24) is 5.32 Å². The number of carbonyl (C=O) groups is 1. The van der Waals surface area contributed by atoms with Crippen LogP contribution in [0.25, 0.3) is 0 Å². The molecule has 0 saturated heterocycles. The van der Waals surface area contributed by atoms with Gasteiger partial charge in [0.25, 0.3) is 0 Å². The van der Waals surface area contributed by atoms with Crippen molar-refractivity contribution < 1.29 is 9.53 Å². The van der Waals surface area contributed by atoms with Gasteiger partial charge in [-0.1, -0.05) is 12.1 Å². The number of methoxy groups -OCH3 is 1. The van der Waals surface area contributed by atoms with E-state index in [2.05, 4.69) is 35.8 Å². The maximum absolute atomic E-state index is 11.3. The number of nitrogens with one attached hydrogen (secondary N) is 1. The molecule has 0 heterocycles. The summed E-state index contributed by atoms with van der Waals surface area (Å²) in [6.07, 6.45) is 3.36. The molecule has 0 unspecified atom stereocenters. The lowest BCUT2D eigenvalue weighted by atomic mass is 10.1. The van der Waals surface area contributed by atoms with Crippen LogP contribution in [0.4, 0.5) is 0 Å². The number of carbonyl (C=O) groups excluding carboxylic acids is 1. The van der Waals surface area contributed by atoms with E-state index in [1.165, 1.54) is 10.5 Å². The minimum Gasteiger partial charge on any atom is -0.384 e. The monoisotopic (exact) mass is 253 g/mol. The molecule has 1 N–H and O–H groups in total. The highest BCUT2D eigenvalue weighted by Crippen LogP contribution is 2.14. The largest absolute Gasteiger partial charge is 0.384 e. The third-order valence-electron chi connectivity index (χ3n) is 2.43. The summed E-state index contributed by atoms with van der Waals surface area (Å²) in [5.41, 5.74) is 1.25. The molecule has 0 spiro atoms. The molecule has 1 aromatic carbocycles. The molecule has 1 rings (SSSR count). The van der Waals surface area contributed by atoms with Gasteiger partial charge in [0, 0.05) is 25.0 Å².